The van der Waals surface area contributed by atoms with Crippen molar-refractivity contribution in [2.45, 2.75) is 44.2 Å². The van der Waals surface area contributed by atoms with Gasteiger partial charge in [0.2, 0.25) is 10.0 Å². The van der Waals surface area contributed by atoms with Crippen LogP contribution in [0.3, 0.4) is 0 Å². The molecule has 2 atom stereocenters. The zero-order valence-corrected chi connectivity index (χ0v) is 20.0. The topological polar surface area (TPSA) is 126 Å². The summed E-state index contributed by atoms with van der Waals surface area (Å²) in [5.74, 6) is -0.482. The van der Waals surface area contributed by atoms with Crippen LogP contribution in [0.15, 0.2) is 47.4 Å². The quantitative estimate of drug-likeness (QED) is 0.548. The van der Waals surface area contributed by atoms with E-state index in [-0.39, 0.29) is 35.9 Å². The number of ether oxygens (including phenoxy) is 1. The molecule has 34 heavy (non-hydrogen) atoms. The second-order valence-electron chi connectivity index (χ2n) is 8.81. The van der Waals surface area contributed by atoms with Gasteiger partial charge in [0, 0.05) is 18.5 Å². The first-order valence-electron chi connectivity index (χ1n) is 11.0. The van der Waals surface area contributed by atoms with E-state index in [2.05, 4.69) is 11.2 Å². The van der Waals surface area contributed by atoms with Crippen molar-refractivity contribution in [2.75, 3.05) is 13.1 Å². The third kappa shape index (κ3) is 4.49. The summed E-state index contributed by atoms with van der Waals surface area (Å²) in [6.45, 7) is 6.27. The van der Waals surface area contributed by atoms with E-state index in [9.17, 15) is 23.6 Å². The maximum atomic E-state index is 13.3. The van der Waals surface area contributed by atoms with Gasteiger partial charge < -0.3 is 9.84 Å². The van der Waals surface area contributed by atoms with E-state index in [1.807, 2.05) is 20.8 Å². The minimum absolute atomic E-state index is 0.0122. The number of aromatic nitrogens is 2. The molecule has 178 valence electrons. The molecule has 0 bridgehead atoms. The molecule has 10 heteroatoms. The van der Waals surface area contributed by atoms with Crippen LogP contribution < -0.4 is 4.74 Å². The van der Waals surface area contributed by atoms with Gasteiger partial charge in [-0.2, -0.15) is 14.7 Å². The molecule has 9 nitrogen and oxygen atoms in total. The molecule has 0 aliphatic carbocycles. The van der Waals surface area contributed by atoms with Crippen LogP contribution in [0.2, 0.25) is 0 Å². The fourth-order valence-corrected chi connectivity index (χ4v) is 5.89. The molecule has 1 aromatic heterocycles. The Balaban J connectivity index is 1.65. The zero-order chi connectivity index (χ0) is 24.6. The second kappa shape index (κ2) is 9.08. The summed E-state index contributed by atoms with van der Waals surface area (Å²) in [4.78, 5) is 11.6. The van der Waals surface area contributed by atoms with Gasteiger partial charge in [0.25, 0.3) is 0 Å². The smallest absolute Gasteiger partial charge is 0.309 e. The molecule has 4 rings (SSSR count). The van der Waals surface area contributed by atoms with E-state index in [0.717, 1.165) is 0 Å². The van der Waals surface area contributed by atoms with Gasteiger partial charge in [-0.1, -0.05) is 6.92 Å². The van der Waals surface area contributed by atoms with Gasteiger partial charge in [0.05, 0.1) is 46.3 Å². The molecule has 0 radical (unpaired) electrons. The third-order valence-electron chi connectivity index (χ3n) is 5.92. The maximum Gasteiger partial charge on any atom is 0.309 e. The molecule has 1 aliphatic rings. The van der Waals surface area contributed by atoms with E-state index >= 15 is 0 Å². The van der Waals surface area contributed by atoms with Crippen molar-refractivity contribution in [3.05, 3.63) is 53.7 Å². The first kappa shape index (κ1) is 23.7. The number of aliphatic carboxylic acids is 1. The van der Waals surface area contributed by atoms with Crippen LogP contribution in [-0.2, 0) is 21.2 Å². The maximum absolute atomic E-state index is 13.3. The fourth-order valence-electron chi connectivity index (χ4n) is 4.33. The lowest BCUT2D eigenvalue weighted by atomic mass is 10.1. The van der Waals surface area contributed by atoms with E-state index < -0.39 is 16.0 Å². The predicted octanol–water partition coefficient (Wildman–Crippen LogP) is 3.20. The van der Waals surface area contributed by atoms with E-state index in [1.54, 1.807) is 47.1 Å². The van der Waals surface area contributed by atoms with Gasteiger partial charge in [-0.05, 0) is 62.2 Å². The Hall–Kier alpha value is -3.42. The van der Waals surface area contributed by atoms with Crippen LogP contribution in [0.25, 0.3) is 10.9 Å². The minimum atomic E-state index is -3.73. The zero-order valence-electron chi connectivity index (χ0n) is 19.2. The summed E-state index contributed by atoms with van der Waals surface area (Å²) in [5, 5.41) is 23.7. The van der Waals surface area contributed by atoms with Crippen molar-refractivity contribution in [3.8, 4) is 11.8 Å². The molecule has 1 N–H and O–H groups in total. The summed E-state index contributed by atoms with van der Waals surface area (Å²) < 4.78 is 35.4. The third-order valence-corrected chi connectivity index (χ3v) is 7.76. The Kier molecular flexibility index (Phi) is 6.34. The Morgan fingerprint density at radius 1 is 1.24 bits per heavy atom. The normalized spacial score (nSPS) is 18.9. The van der Waals surface area contributed by atoms with Crippen LogP contribution in [0.4, 0.5) is 0 Å². The molecule has 1 fully saturated rings. The number of sulfonamides is 1. The van der Waals surface area contributed by atoms with Crippen LogP contribution in [-0.4, -0.2) is 52.8 Å². The highest BCUT2D eigenvalue weighted by Gasteiger charge is 2.39. The Morgan fingerprint density at radius 3 is 2.56 bits per heavy atom. The largest absolute Gasteiger partial charge is 0.491 e. The molecule has 3 aromatic rings. The van der Waals surface area contributed by atoms with Crippen LogP contribution >= 0.6 is 0 Å². The van der Waals surface area contributed by atoms with Crippen molar-refractivity contribution in [2.24, 2.45) is 5.92 Å². The summed E-state index contributed by atoms with van der Waals surface area (Å²) >= 11 is 0. The Bertz CT molecular complexity index is 1370. The van der Waals surface area contributed by atoms with Crippen LogP contribution in [0.5, 0.6) is 5.75 Å². The number of hydrogen-bond acceptors (Lipinski definition) is 6. The summed E-state index contributed by atoms with van der Waals surface area (Å²) in [7, 11) is -3.73. The monoisotopic (exact) mass is 482 g/mol. The molecular weight excluding hydrogens is 456 g/mol. The molecule has 1 aliphatic heterocycles. The lowest BCUT2D eigenvalue weighted by Crippen LogP contribution is -2.29. The number of carboxylic acids is 1. The van der Waals surface area contributed by atoms with Gasteiger partial charge in [-0.25, -0.2) is 8.42 Å². The number of rotatable bonds is 7. The van der Waals surface area contributed by atoms with Gasteiger partial charge in [-0.15, -0.1) is 0 Å². The molecular formula is C24H26N4O5S. The molecule has 2 aromatic carbocycles. The van der Waals surface area contributed by atoms with E-state index in [4.69, 9.17) is 4.74 Å². The molecule has 0 amide bonds. The number of benzene rings is 2. The predicted molar refractivity (Wildman–Crippen MR) is 125 cm³/mol. The fraction of sp³-hybridized carbons (Fsp3) is 0.375. The van der Waals surface area contributed by atoms with Crippen LogP contribution in [0.1, 0.15) is 38.1 Å². The van der Waals surface area contributed by atoms with Crippen molar-refractivity contribution in [3.63, 3.8) is 0 Å². The lowest BCUT2D eigenvalue weighted by Gasteiger charge is -2.18. The van der Waals surface area contributed by atoms with E-state index in [0.29, 0.717) is 34.5 Å². The molecule has 1 saturated heterocycles. The SMILES string of the molecule is CC(C)Oc1ccc(S(=O)(=O)N2C[C@@H](C)[C@@H](n3nc(CC(=O)O)c4cc(C#N)ccc43)C2)cc1. The number of carbonyl (C=O) groups is 1. The molecule has 2 heterocycles. The van der Waals surface area contributed by atoms with E-state index in [1.165, 1.54) is 4.31 Å². The minimum Gasteiger partial charge on any atom is -0.491 e. The molecule has 0 spiro atoms. The number of nitriles is 1. The van der Waals surface area contributed by atoms with Crippen LogP contribution in [0, 0.1) is 17.2 Å². The number of fused-ring (bicyclic) bond motifs is 1. The summed E-state index contributed by atoms with van der Waals surface area (Å²) in [6.07, 6.45) is -0.298. The molecule has 0 saturated carbocycles. The van der Waals surface area contributed by atoms with Crippen molar-refractivity contribution in [1.82, 2.24) is 14.1 Å². The highest BCUT2D eigenvalue weighted by Crippen LogP contribution is 2.35. The van der Waals surface area contributed by atoms with Crippen molar-refractivity contribution in [1.29, 1.82) is 5.26 Å². The first-order chi connectivity index (χ1) is 16.1. The van der Waals surface area contributed by atoms with Gasteiger partial charge >= 0.3 is 5.97 Å². The highest BCUT2D eigenvalue weighted by atomic mass is 32.2. The molecule has 0 unspecified atom stereocenters. The summed E-state index contributed by atoms with van der Waals surface area (Å²) in [6, 6.07) is 13.2. The second-order valence-corrected chi connectivity index (χ2v) is 10.7. The standard InChI is InChI=1S/C24H26N4O5S/c1-15(2)33-18-5-7-19(8-6-18)34(31,32)27-13-16(3)23(14-27)28-22-9-4-17(12-25)10-20(22)21(26-28)11-24(29)30/h4-10,15-16,23H,11,13-14H2,1-3H3,(H,29,30)/t16-,23+/m1/s1. The summed E-state index contributed by atoms with van der Waals surface area (Å²) in [5.41, 5.74) is 1.45. The highest BCUT2D eigenvalue weighted by molar-refractivity contribution is 7.89. The van der Waals surface area contributed by atoms with Crippen molar-refractivity contribution < 1.29 is 23.1 Å². The lowest BCUT2D eigenvalue weighted by molar-refractivity contribution is -0.136. The van der Waals surface area contributed by atoms with Gasteiger partial charge in [0.15, 0.2) is 0 Å². The van der Waals surface area contributed by atoms with Gasteiger partial charge in [-0.3, -0.25) is 9.48 Å². The number of nitrogens with zero attached hydrogens (tertiary/aromatic N) is 4. The average Bonchev–Trinajstić information content (AvgIpc) is 3.33. The Morgan fingerprint density at radius 2 is 1.94 bits per heavy atom. The number of hydrogen-bond donors (Lipinski definition) is 1. The first-order valence-corrected chi connectivity index (χ1v) is 12.4. The van der Waals surface area contributed by atoms with Gasteiger partial charge in [0.1, 0.15) is 5.75 Å². The Labute approximate surface area is 198 Å². The average molecular weight is 483 g/mol. The van der Waals surface area contributed by atoms with Crippen molar-refractivity contribution >= 4 is 26.9 Å². The number of carboxylic acid groups (broad SMARTS) is 1.